The van der Waals surface area contributed by atoms with Gasteiger partial charge in [0.2, 0.25) is 0 Å². The zero-order chi connectivity index (χ0) is 10.8. The van der Waals surface area contributed by atoms with E-state index in [-0.39, 0.29) is 10.7 Å². The van der Waals surface area contributed by atoms with Gasteiger partial charge in [0.05, 0.1) is 18.7 Å². The van der Waals surface area contributed by atoms with Gasteiger partial charge in [-0.1, -0.05) is 11.6 Å². The van der Waals surface area contributed by atoms with Crippen LogP contribution in [0, 0.1) is 11.3 Å². The molecule has 0 aliphatic carbocycles. The third-order valence-corrected chi connectivity index (χ3v) is 2.20. The largest absolute Gasteiger partial charge is 0.331 e. The third kappa shape index (κ3) is 1.67. The Morgan fingerprint density at radius 2 is 2.27 bits per heavy atom. The van der Waals surface area contributed by atoms with Crippen molar-refractivity contribution >= 4 is 11.6 Å². The van der Waals surface area contributed by atoms with Crippen molar-refractivity contribution in [3.8, 4) is 17.6 Å². The molecule has 0 N–H and O–H groups in total. The zero-order valence-electron chi connectivity index (χ0n) is 7.85. The Kier molecular flexibility index (Phi) is 2.35. The first-order valence-electron chi connectivity index (χ1n) is 4.11. The summed E-state index contributed by atoms with van der Waals surface area (Å²) in [5.41, 5.74) is 1.02. The van der Waals surface area contributed by atoms with Crippen LogP contribution in [0.2, 0.25) is 5.15 Å². The average molecular weight is 220 g/mol. The lowest BCUT2D eigenvalue weighted by Gasteiger charge is -2.01. The van der Waals surface area contributed by atoms with Gasteiger partial charge in [-0.05, 0) is 0 Å². The Labute approximate surface area is 91.0 Å². The minimum Gasteiger partial charge on any atom is -0.331 e. The minimum atomic E-state index is 0.156. The van der Waals surface area contributed by atoms with E-state index in [2.05, 4.69) is 15.0 Å². The summed E-state index contributed by atoms with van der Waals surface area (Å²) < 4.78 is 1.78. The Morgan fingerprint density at radius 1 is 1.47 bits per heavy atom. The number of imidazole rings is 1. The van der Waals surface area contributed by atoms with Crippen molar-refractivity contribution in [3.63, 3.8) is 0 Å². The minimum absolute atomic E-state index is 0.156. The maximum atomic E-state index is 8.66. The first-order chi connectivity index (χ1) is 7.22. The van der Waals surface area contributed by atoms with Gasteiger partial charge in [-0.3, -0.25) is 0 Å². The molecule has 15 heavy (non-hydrogen) atoms. The Balaban J connectivity index is 2.53. The van der Waals surface area contributed by atoms with Gasteiger partial charge in [-0.2, -0.15) is 5.26 Å². The van der Waals surface area contributed by atoms with Gasteiger partial charge in [-0.15, -0.1) is 0 Å². The monoisotopic (exact) mass is 219 g/mol. The second-order valence-electron chi connectivity index (χ2n) is 2.90. The molecule has 5 nitrogen and oxygen atoms in total. The van der Waals surface area contributed by atoms with E-state index in [4.69, 9.17) is 16.9 Å². The van der Waals surface area contributed by atoms with E-state index in [1.807, 2.05) is 13.1 Å². The maximum absolute atomic E-state index is 8.66. The topological polar surface area (TPSA) is 67.4 Å². The SMILES string of the molecule is Cn1cncc1-c1ncc(C#N)c(Cl)n1. The summed E-state index contributed by atoms with van der Waals surface area (Å²) in [6, 6.07) is 1.90. The van der Waals surface area contributed by atoms with Crippen molar-refractivity contribution in [1.82, 2.24) is 19.5 Å². The second-order valence-corrected chi connectivity index (χ2v) is 3.26. The van der Waals surface area contributed by atoms with Crippen LogP contribution >= 0.6 is 11.6 Å². The molecule has 2 rings (SSSR count). The number of nitrogens with zero attached hydrogens (tertiary/aromatic N) is 5. The molecule has 0 unspecified atom stereocenters. The van der Waals surface area contributed by atoms with E-state index in [1.54, 1.807) is 17.1 Å². The molecule has 0 fully saturated rings. The number of nitriles is 1. The molecule has 0 saturated heterocycles. The van der Waals surface area contributed by atoms with E-state index in [0.717, 1.165) is 5.69 Å². The smallest absolute Gasteiger partial charge is 0.179 e. The number of halogens is 1. The normalized spacial score (nSPS) is 9.93. The van der Waals surface area contributed by atoms with Crippen LogP contribution in [0.3, 0.4) is 0 Å². The summed E-state index contributed by atoms with van der Waals surface area (Å²) in [5, 5.41) is 8.82. The highest BCUT2D eigenvalue weighted by molar-refractivity contribution is 6.30. The summed E-state index contributed by atoms with van der Waals surface area (Å²) in [7, 11) is 1.83. The van der Waals surface area contributed by atoms with E-state index in [1.165, 1.54) is 6.20 Å². The molecule has 0 amide bonds. The molecule has 0 aromatic carbocycles. The van der Waals surface area contributed by atoms with Crippen LogP contribution in [0.15, 0.2) is 18.7 Å². The summed E-state index contributed by atoms with van der Waals surface area (Å²) in [5.74, 6) is 0.457. The van der Waals surface area contributed by atoms with Gasteiger partial charge in [0.15, 0.2) is 11.0 Å². The molecular formula is C9H6ClN5. The predicted octanol–water partition coefficient (Wildman–Crippen LogP) is 1.40. The summed E-state index contributed by atoms with van der Waals surface area (Å²) in [6.45, 7) is 0. The van der Waals surface area contributed by atoms with Crippen molar-refractivity contribution in [2.24, 2.45) is 7.05 Å². The molecular weight excluding hydrogens is 214 g/mol. The Hall–Kier alpha value is -1.93. The number of hydrogen-bond acceptors (Lipinski definition) is 4. The van der Waals surface area contributed by atoms with Crippen molar-refractivity contribution in [3.05, 3.63) is 29.4 Å². The molecule has 0 saturated carbocycles. The van der Waals surface area contributed by atoms with Crippen LogP contribution in [-0.4, -0.2) is 19.5 Å². The lowest BCUT2D eigenvalue weighted by Crippen LogP contribution is -1.96. The first-order valence-corrected chi connectivity index (χ1v) is 4.49. The van der Waals surface area contributed by atoms with Gasteiger partial charge < -0.3 is 4.57 Å². The van der Waals surface area contributed by atoms with E-state index in [0.29, 0.717) is 5.82 Å². The maximum Gasteiger partial charge on any atom is 0.179 e. The summed E-state index contributed by atoms with van der Waals surface area (Å²) >= 11 is 5.80. The van der Waals surface area contributed by atoms with Crippen LogP contribution in [-0.2, 0) is 7.05 Å². The molecule has 0 atom stereocenters. The fraction of sp³-hybridized carbons (Fsp3) is 0.111. The Bertz CT molecular complexity index is 540. The molecule has 0 aliphatic heterocycles. The molecule has 74 valence electrons. The van der Waals surface area contributed by atoms with Gasteiger partial charge >= 0.3 is 0 Å². The van der Waals surface area contributed by atoms with Crippen molar-refractivity contribution in [1.29, 1.82) is 5.26 Å². The number of hydrogen-bond donors (Lipinski definition) is 0. The van der Waals surface area contributed by atoms with Crippen LogP contribution in [0.5, 0.6) is 0 Å². The molecule has 0 aliphatic rings. The molecule has 2 aromatic rings. The highest BCUT2D eigenvalue weighted by atomic mass is 35.5. The summed E-state index contributed by atoms with van der Waals surface area (Å²) in [6.07, 6.45) is 4.68. The molecule has 0 radical (unpaired) electrons. The van der Waals surface area contributed by atoms with Gasteiger partial charge in [0, 0.05) is 7.05 Å². The highest BCUT2D eigenvalue weighted by Gasteiger charge is 2.08. The van der Waals surface area contributed by atoms with Crippen LogP contribution in [0.1, 0.15) is 5.56 Å². The molecule has 0 spiro atoms. The van der Waals surface area contributed by atoms with Crippen molar-refractivity contribution in [2.45, 2.75) is 0 Å². The molecule has 2 aromatic heterocycles. The van der Waals surface area contributed by atoms with Crippen molar-refractivity contribution in [2.75, 3.05) is 0 Å². The fourth-order valence-electron chi connectivity index (χ4n) is 1.13. The number of rotatable bonds is 1. The zero-order valence-corrected chi connectivity index (χ0v) is 8.60. The quantitative estimate of drug-likeness (QED) is 0.680. The van der Waals surface area contributed by atoms with Crippen LogP contribution in [0.4, 0.5) is 0 Å². The van der Waals surface area contributed by atoms with E-state index in [9.17, 15) is 0 Å². The lowest BCUT2D eigenvalue weighted by molar-refractivity contribution is 0.908. The fourth-order valence-corrected chi connectivity index (χ4v) is 1.30. The van der Waals surface area contributed by atoms with Gasteiger partial charge in [-0.25, -0.2) is 15.0 Å². The molecule has 2 heterocycles. The van der Waals surface area contributed by atoms with Crippen molar-refractivity contribution < 1.29 is 0 Å². The van der Waals surface area contributed by atoms with E-state index < -0.39 is 0 Å². The highest BCUT2D eigenvalue weighted by Crippen LogP contribution is 2.17. The van der Waals surface area contributed by atoms with Gasteiger partial charge in [0.1, 0.15) is 17.3 Å². The first kappa shape index (κ1) is 9.62. The van der Waals surface area contributed by atoms with Crippen LogP contribution in [0.25, 0.3) is 11.5 Å². The summed E-state index contributed by atoms with van der Waals surface area (Å²) in [4.78, 5) is 12.0. The third-order valence-electron chi connectivity index (χ3n) is 1.91. The van der Waals surface area contributed by atoms with Gasteiger partial charge in [0.25, 0.3) is 0 Å². The second kappa shape index (κ2) is 3.67. The lowest BCUT2D eigenvalue weighted by atomic mass is 10.3. The van der Waals surface area contributed by atoms with Crippen LogP contribution < -0.4 is 0 Å². The standard InChI is InChI=1S/C9H6ClN5/c1-15-5-12-4-7(15)9-13-3-6(2-11)8(10)14-9/h3-5H,1H3. The number of aryl methyl sites for hydroxylation is 1. The molecule has 0 bridgehead atoms. The molecule has 6 heteroatoms. The predicted molar refractivity (Wildman–Crippen MR) is 54.0 cm³/mol. The average Bonchev–Trinajstić information content (AvgIpc) is 2.64. The Morgan fingerprint density at radius 3 is 2.80 bits per heavy atom. The van der Waals surface area contributed by atoms with E-state index >= 15 is 0 Å². The number of aromatic nitrogens is 4.